The molecule has 3 nitrogen and oxygen atoms in total. The normalized spacial score (nSPS) is 26.9. The summed E-state index contributed by atoms with van der Waals surface area (Å²) in [6.45, 7) is 2.28. The average molecular weight is 198 g/mol. The second-order valence-corrected chi connectivity index (χ2v) is 3.93. The first-order chi connectivity index (χ1) is 6.76. The SMILES string of the molecule is CCOC(=O)CC1CCC(C=O)CC1. The maximum Gasteiger partial charge on any atom is 0.306 e. The first-order valence-corrected chi connectivity index (χ1v) is 5.37. The number of hydrogen-bond donors (Lipinski definition) is 0. The third-order valence-corrected chi connectivity index (χ3v) is 2.84. The van der Waals surface area contributed by atoms with Gasteiger partial charge < -0.3 is 9.53 Å². The van der Waals surface area contributed by atoms with Crippen LogP contribution in [0.4, 0.5) is 0 Å². The molecule has 1 aliphatic rings. The van der Waals surface area contributed by atoms with Crippen molar-refractivity contribution in [1.29, 1.82) is 0 Å². The average Bonchev–Trinajstić information content (AvgIpc) is 2.19. The van der Waals surface area contributed by atoms with Crippen LogP contribution in [0.1, 0.15) is 39.0 Å². The molecule has 0 radical (unpaired) electrons. The van der Waals surface area contributed by atoms with Crippen LogP contribution in [0.2, 0.25) is 0 Å². The Hall–Kier alpha value is -0.860. The zero-order chi connectivity index (χ0) is 10.4. The van der Waals surface area contributed by atoms with Crippen LogP contribution >= 0.6 is 0 Å². The van der Waals surface area contributed by atoms with E-state index >= 15 is 0 Å². The van der Waals surface area contributed by atoms with Crippen LogP contribution in [0.15, 0.2) is 0 Å². The Morgan fingerprint density at radius 3 is 2.50 bits per heavy atom. The zero-order valence-corrected chi connectivity index (χ0v) is 8.70. The molecule has 0 saturated heterocycles. The molecule has 3 heteroatoms. The third-order valence-electron chi connectivity index (χ3n) is 2.84. The maximum absolute atomic E-state index is 11.2. The zero-order valence-electron chi connectivity index (χ0n) is 8.70. The van der Waals surface area contributed by atoms with Crippen molar-refractivity contribution in [1.82, 2.24) is 0 Å². The van der Waals surface area contributed by atoms with E-state index in [4.69, 9.17) is 4.74 Å². The summed E-state index contributed by atoms with van der Waals surface area (Å²) in [4.78, 5) is 21.7. The molecule has 0 aromatic carbocycles. The van der Waals surface area contributed by atoms with Gasteiger partial charge in [0.1, 0.15) is 6.29 Å². The van der Waals surface area contributed by atoms with Gasteiger partial charge in [0.15, 0.2) is 0 Å². The molecule has 1 rings (SSSR count). The van der Waals surface area contributed by atoms with Crippen LogP contribution in [0, 0.1) is 11.8 Å². The molecule has 1 aliphatic carbocycles. The first-order valence-electron chi connectivity index (χ1n) is 5.37. The summed E-state index contributed by atoms with van der Waals surface area (Å²) in [5.74, 6) is 0.570. The van der Waals surface area contributed by atoms with Crippen LogP contribution < -0.4 is 0 Å². The lowest BCUT2D eigenvalue weighted by Gasteiger charge is -2.24. The van der Waals surface area contributed by atoms with E-state index in [2.05, 4.69) is 0 Å². The first kappa shape index (κ1) is 11.2. The van der Waals surface area contributed by atoms with E-state index in [0.717, 1.165) is 32.0 Å². The number of hydrogen-bond acceptors (Lipinski definition) is 3. The topological polar surface area (TPSA) is 43.4 Å². The van der Waals surface area contributed by atoms with Crippen molar-refractivity contribution in [3.63, 3.8) is 0 Å². The largest absolute Gasteiger partial charge is 0.466 e. The maximum atomic E-state index is 11.2. The number of carbonyl (C=O) groups is 2. The molecule has 1 saturated carbocycles. The minimum atomic E-state index is -0.0953. The lowest BCUT2D eigenvalue weighted by molar-refractivity contribution is -0.144. The van der Waals surface area contributed by atoms with E-state index in [0.29, 0.717) is 18.9 Å². The summed E-state index contributed by atoms with van der Waals surface area (Å²) in [5, 5.41) is 0. The number of esters is 1. The van der Waals surface area contributed by atoms with Crippen molar-refractivity contribution in [2.24, 2.45) is 11.8 Å². The van der Waals surface area contributed by atoms with Gasteiger partial charge in [-0.15, -0.1) is 0 Å². The minimum Gasteiger partial charge on any atom is -0.466 e. The van der Waals surface area contributed by atoms with E-state index in [1.165, 1.54) is 0 Å². The van der Waals surface area contributed by atoms with Gasteiger partial charge >= 0.3 is 5.97 Å². The molecular formula is C11H18O3. The molecule has 0 bridgehead atoms. The molecule has 0 heterocycles. The van der Waals surface area contributed by atoms with Crippen LogP contribution in [0.5, 0.6) is 0 Å². The fourth-order valence-electron chi connectivity index (χ4n) is 1.98. The second-order valence-electron chi connectivity index (χ2n) is 3.93. The van der Waals surface area contributed by atoms with Gasteiger partial charge in [0.25, 0.3) is 0 Å². The molecule has 0 aromatic heterocycles. The van der Waals surface area contributed by atoms with Gasteiger partial charge in [0.2, 0.25) is 0 Å². The second kappa shape index (κ2) is 5.78. The Morgan fingerprint density at radius 1 is 1.36 bits per heavy atom. The number of carbonyl (C=O) groups excluding carboxylic acids is 2. The summed E-state index contributed by atoms with van der Waals surface area (Å²) in [5.41, 5.74) is 0. The smallest absolute Gasteiger partial charge is 0.306 e. The van der Waals surface area contributed by atoms with Crippen molar-refractivity contribution in [3.05, 3.63) is 0 Å². The molecule has 0 spiro atoms. The summed E-state index contributed by atoms with van der Waals surface area (Å²) < 4.78 is 4.89. The number of aldehydes is 1. The number of rotatable bonds is 4. The van der Waals surface area contributed by atoms with Gasteiger partial charge in [-0.25, -0.2) is 0 Å². The fraction of sp³-hybridized carbons (Fsp3) is 0.818. The highest BCUT2D eigenvalue weighted by atomic mass is 16.5. The van der Waals surface area contributed by atoms with Crippen LogP contribution in [0.3, 0.4) is 0 Å². The molecule has 0 aliphatic heterocycles. The van der Waals surface area contributed by atoms with Gasteiger partial charge in [0.05, 0.1) is 6.61 Å². The van der Waals surface area contributed by atoms with Crippen molar-refractivity contribution < 1.29 is 14.3 Å². The van der Waals surface area contributed by atoms with Gasteiger partial charge in [-0.05, 0) is 38.5 Å². The summed E-state index contributed by atoms with van der Waals surface area (Å²) in [6, 6.07) is 0. The fourth-order valence-corrected chi connectivity index (χ4v) is 1.98. The van der Waals surface area contributed by atoms with Crippen molar-refractivity contribution in [3.8, 4) is 0 Å². The lowest BCUT2D eigenvalue weighted by atomic mass is 9.81. The van der Waals surface area contributed by atoms with E-state index < -0.39 is 0 Å². The van der Waals surface area contributed by atoms with Gasteiger partial charge in [-0.3, -0.25) is 4.79 Å². The van der Waals surface area contributed by atoms with Crippen molar-refractivity contribution in [2.75, 3.05) is 6.61 Å². The molecule has 14 heavy (non-hydrogen) atoms. The van der Waals surface area contributed by atoms with Crippen molar-refractivity contribution in [2.45, 2.75) is 39.0 Å². The Bertz CT molecular complexity index is 193. The predicted molar refractivity (Wildman–Crippen MR) is 52.8 cm³/mol. The molecule has 0 N–H and O–H groups in total. The minimum absolute atomic E-state index is 0.0953. The quantitative estimate of drug-likeness (QED) is 0.512. The van der Waals surface area contributed by atoms with E-state index in [1.807, 2.05) is 6.92 Å². The Morgan fingerprint density at radius 2 is 2.00 bits per heavy atom. The van der Waals surface area contributed by atoms with E-state index in [1.54, 1.807) is 0 Å². The molecular weight excluding hydrogens is 180 g/mol. The predicted octanol–water partition coefficient (Wildman–Crippen LogP) is 1.94. The highest BCUT2D eigenvalue weighted by Gasteiger charge is 2.22. The van der Waals surface area contributed by atoms with E-state index in [-0.39, 0.29) is 11.9 Å². The van der Waals surface area contributed by atoms with Gasteiger partial charge in [0, 0.05) is 12.3 Å². The summed E-state index contributed by atoms with van der Waals surface area (Å²) in [6.07, 6.45) is 5.42. The summed E-state index contributed by atoms with van der Waals surface area (Å²) in [7, 11) is 0. The highest BCUT2D eigenvalue weighted by Crippen LogP contribution is 2.29. The van der Waals surface area contributed by atoms with Crippen LogP contribution in [0.25, 0.3) is 0 Å². The standard InChI is InChI=1S/C11H18O3/c1-2-14-11(13)7-9-3-5-10(8-12)6-4-9/h8-10H,2-7H2,1H3. The third kappa shape index (κ3) is 3.48. The Labute approximate surface area is 84.8 Å². The Kier molecular flexibility index (Phi) is 4.63. The molecule has 1 fully saturated rings. The molecule has 0 aromatic rings. The number of ether oxygens (including phenoxy) is 1. The Balaban J connectivity index is 2.21. The molecule has 0 atom stereocenters. The van der Waals surface area contributed by atoms with Crippen LogP contribution in [-0.2, 0) is 14.3 Å². The monoisotopic (exact) mass is 198 g/mol. The molecule has 80 valence electrons. The summed E-state index contributed by atoms with van der Waals surface area (Å²) >= 11 is 0. The van der Waals surface area contributed by atoms with Gasteiger partial charge in [-0.1, -0.05) is 0 Å². The lowest BCUT2D eigenvalue weighted by Crippen LogP contribution is -2.19. The van der Waals surface area contributed by atoms with Crippen molar-refractivity contribution >= 4 is 12.3 Å². The van der Waals surface area contributed by atoms with E-state index in [9.17, 15) is 9.59 Å². The van der Waals surface area contributed by atoms with Gasteiger partial charge in [-0.2, -0.15) is 0 Å². The van der Waals surface area contributed by atoms with Crippen LogP contribution in [-0.4, -0.2) is 18.9 Å². The molecule has 0 amide bonds. The molecule has 0 unspecified atom stereocenters. The highest BCUT2D eigenvalue weighted by molar-refractivity contribution is 5.69.